The number of anilines is 1. The number of hydrogen-bond donors (Lipinski definition) is 1. The molecular formula is C17H19F3N2O2S. The van der Waals surface area contributed by atoms with Crippen molar-refractivity contribution in [1.29, 1.82) is 0 Å². The largest absolute Gasteiger partial charge is 0.457 e. The molecule has 4 nitrogen and oxygen atoms in total. The number of nitrogen functional groups attached to an aromatic ring is 1. The van der Waals surface area contributed by atoms with Crippen molar-refractivity contribution in [2.24, 2.45) is 4.36 Å². The maximum Gasteiger partial charge on any atom is 0.408 e. The molecule has 2 rings (SSSR count). The molecule has 8 heteroatoms. The number of nitrogens with two attached hydrogens (primary N) is 1. The zero-order chi connectivity index (χ0) is 18.8. The van der Waals surface area contributed by atoms with E-state index < -0.39 is 22.5 Å². The number of ether oxygens (including phenoxy) is 1. The molecule has 0 fully saturated rings. The third-order valence-electron chi connectivity index (χ3n) is 3.52. The highest BCUT2D eigenvalue weighted by atomic mass is 32.2. The third kappa shape index (κ3) is 5.12. The van der Waals surface area contributed by atoms with Crippen LogP contribution in [0.15, 0.2) is 45.7 Å². The zero-order valence-corrected chi connectivity index (χ0v) is 14.9. The second kappa shape index (κ2) is 6.95. The van der Waals surface area contributed by atoms with E-state index in [1.165, 1.54) is 18.4 Å². The average molecular weight is 372 g/mol. The van der Waals surface area contributed by atoms with E-state index in [-0.39, 0.29) is 4.90 Å². The van der Waals surface area contributed by atoms with E-state index in [0.717, 1.165) is 11.1 Å². The average Bonchev–Trinajstić information content (AvgIpc) is 2.50. The SMILES string of the molecule is Cc1cc(Oc2cccc(S(C)(=O)=NCC(F)(F)F)c2)c(C)cc1N. The number of benzene rings is 2. The van der Waals surface area contributed by atoms with Crippen molar-refractivity contribution in [3.05, 3.63) is 47.5 Å². The molecule has 0 aliphatic heterocycles. The Morgan fingerprint density at radius 2 is 1.84 bits per heavy atom. The lowest BCUT2D eigenvalue weighted by Gasteiger charge is -2.13. The Hall–Kier alpha value is -2.22. The van der Waals surface area contributed by atoms with E-state index in [4.69, 9.17) is 10.5 Å². The van der Waals surface area contributed by atoms with Crippen molar-refractivity contribution in [3.8, 4) is 11.5 Å². The second-order valence-corrected chi connectivity index (χ2v) is 8.09. The Morgan fingerprint density at radius 3 is 2.48 bits per heavy atom. The summed E-state index contributed by atoms with van der Waals surface area (Å²) in [4.78, 5) is 0.180. The molecule has 25 heavy (non-hydrogen) atoms. The molecule has 0 bridgehead atoms. The second-order valence-electron chi connectivity index (χ2n) is 5.76. The predicted molar refractivity (Wildman–Crippen MR) is 92.5 cm³/mol. The van der Waals surface area contributed by atoms with Crippen LogP contribution in [0.5, 0.6) is 11.5 Å². The van der Waals surface area contributed by atoms with Crippen LogP contribution in [0.25, 0.3) is 0 Å². The minimum Gasteiger partial charge on any atom is -0.457 e. The lowest BCUT2D eigenvalue weighted by atomic mass is 10.1. The molecule has 136 valence electrons. The molecule has 0 amide bonds. The Balaban J connectivity index is 2.34. The maximum absolute atomic E-state index is 12.5. The van der Waals surface area contributed by atoms with Crippen LogP contribution < -0.4 is 10.5 Å². The van der Waals surface area contributed by atoms with E-state index in [2.05, 4.69) is 4.36 Å². The molecule has 0 heterocycles. The Bertz CT molecular complexity index is 901. The number of rotatable bonds is 4. The first kappa shape index (κ1) is 19.1. The van der Waals surface area contributed by atoms with Gasteiger partial charge in [-0.3, -0.25) is 0 Å². The van der Waals surface area contributed by atoms with E-state index >= 15 is 0 Å². The van der Waals surface area contributed by atoms with Crippen LogP contribution in [0, 0.1) is 13.8 Å². The molecule has 2 N–H and O–H groups in total. The summed E-state index contributed by atoms with van der Waals surface area (Å²) >= 11 is 0. The van der Waals surface area contributed by atoms with Gasteiger partial charge in [0.05, 0.1) is 14.6 Å². The van der Waals surface area contributed by atoms with Crippen LogP contribution >= 0.6 is 0 Å². The van der Waals surface area contributed by atoms with Gasteiger partial charge in [-0.15, -0.1) is 0 Å². The fraction of sp³-hybridized carbons (Fsp3) is 0.294. The Labute approximate surface area is 145 Å². The van der Waals surface area contributed by atoms with Gasteiger partial charge in [0, 0.05) is 11.9 Å². The van der Waals surface area contributed by atoms with Gasteiger partial charge in [-0.05, 0) is 55.3 Å². The lowest BCUT2D eigenvalue weighted by molar-refractivity contribution is -0.117. The summed E-state index contributed by atoms with van der Waals surface area (Å²) in [5.41, 5.74) is 8.13. The van der Waals surface area contributed by atoms with Crippen molar-refractivity contribution in [3.63, 3.8) is 0 Å². The fourth-order valence-electron chi connectivity index (χ4n) is 2.09. The summed E-state index contributed by atoms with van der Waals surface area (Å²) < 4.78 is 58.6. The highest BCUT2D eigenvalue weighted by Crippen LogP contribution is 2.30. The van der Waals surface area contributed by atoms with Gasteiger partial charge in [-0.1, -0.05) is 6.07 Å². The maximum atomic E-state index is 12.5. The summed E-state index contributed by atoms with van der Waals surface area (Å²) in [6.45, 7) is 2.22. The summed E-state index contributed by atoms with van der Waals surface area (Å²) in [5, 5.41) is 0. The molecule has 2 aromatic rings. The minimum absolute atomic E-state index is 0.180. The van der Waals surface area contributed by atoms with Crippen molar-refractivity contribution in [1.82, 2.24) is 0 Å². The standard InChI is InChI=1S/C17H19F3N2O2S/c1-11-8-16(12(2)7-15(11)21)24-13-5-4-6-14(9-13)25(3,23)22-10-17(18,19)20/h4-9H,10,21H2,1-3H3. The highest BCUT2D eigenvalue weighted by molar-refractivity contribution is 7.93. The summed E-state index contributed by atoms with van der Waals surface area (Å²) in [6.07, 6.45) is -3.32. The number of aryl methyl sites for hydroxylation is 2. The summed E-state index contributed by atoms with van der Waals surface area (Å²) in [7, 11) is -3.18. The van der Waals surface area contributed by atoms with Gasteiger partial charge in [-0.25, -0.2) is 8.57 Å². The quantitative estimate of drug-likeness (QED) is 0.792. The minimum atomic E-state index is -4.49. The lowest BCUT2D eigenvalue weighted by Crippen LogP contribution is -2.14. The van der Waals surface area contributed by atoms with Gasteiger partial charge in [0.25, 0.3) is 0 Å². The smallest absolute Gasteiger partial charge is 0.408 e. The first-order chi connectivity index (χ1) is 11.5. The molecule has 0 saturated heterocycles. The molecule has 1 unspecified atom stereocenters. The molecule has 1 atom stereocenters. The third-order valence-corrected chi connectivity index (χ3v) is 5.27. The van der Waals surface area contributed by atoms with Crippen molar-refractivity contribution < 1.29 is 22.1 Å². The molecule has 0 radical (unpaired) electrons. The molecule has 0 saturated carbocycles. The zero-order valence-electron chi connectivity index (χ0n) is 14.1. The molecule has 0 aliphatic carbocycles. The topological polar surface area (TPSA) is 64.7 Å². The van der Waals surface area contributed by atoms with E-state index in [1.807, 2.05) is 13.8 Å². The number of nitrogens with zero attached hydrogens (tertiary/aromatic N) is 1. The van der Waals surface area contributed by atoms with Gasteiger partial charge in [-0.2, -0.15) is 13.2 Å². The Morgan fingerprint density at radius 1 is 1.16 bits per heavy atom. The van der Waals surface area contributed by atoms with Gasteiger partial charge in [0.1, 0.15) is 18.0 Å². The van der Waals surface area contributed by atoms with Gasteiger partial charge in [0.2, 0.25) is 0 Å². The number of hydrogen-bond acceptors (Lipinski definition) is 4. The molecule has 2 aromatic carbocycles. The highest BCUT2D eigenvalue weighted by Gasteiger charge is 2.27. The van der Waals surface area contributed by atoms with E-state index in [9.17, 15) is 17.4 Å². The predicted octanol–water partition coefficient (Wildman–Crippen LogP) is 4.70. The fourth-order valence-corrected chi connectivity index (χ4v) is 3.30. The monoisotopic (exact) mass is 372 g/mol. The van der Waals surface area contributed by atoms with E-state index in [1.54, 1.807) is 24.3 Å². The first-order valence-corrected chi connectivity index (χ1v) is 9.29. The van der Waals surface area contributed by atoms with Gasteiger partial charge >= 0.3 is 6.18 Å². The molecule has 0 spiro atoms. The molecule has 0 aromatic heterocycles. The number of alkyl halides is 3. The molecule has 0 aliphatic rings. The van der Waals surface area contributed by atoms with E-state index in [0.29, 0.717) is 17.2 Å². The normalized spacial score (nSPS) is 14.0. The van der Waals surface area contributed by atoms with Crippen molar-refractivity contribution in [2.75, 3.05) is 18.5 Å². The summed E-state index contributed by atoms with van der Waals surface area (Å²) in [5.74, 6) is 0.931. The van der Waals surface area contributed by atoms with Crippen LogP contribution in [-0.2, 0) is 9.73 Å². The van der Waals surface area contributed by atoms with Crippen LogP contribution in [0.1, 0.15) is 11.1 Å². The van der Waals surface area contributed by atoms with Crippen molar-refractivity contribution in [2.45, 2.75) is 24.9 Å². The summed E-state index contributed by atoms with van der Waals surface area (Å²) in [6, 6.07) is 9.65. The van der Waals surface area contributed by atoms with Crippen LogP contribution in [0.4, 0.5) is 18.9 Å². The van der Waals surface area contributed by atoms with Gasteiger partial charge in [0.15, 0.2) is 0 Å². The Kier molecular flexibility index (Phi) is 5.31. The first-order valence-electron chi connectivity index (χ1n) is 7.37. The van der Waals surface area contributed by atoms with Crippen LogP contribution in [-0.4, -0.2) is 23.2 Å². The van der Waals surface area contributed by atoms with Crippen LogP contribution in [0.3, 0.4) is 0 Å². The van der Waals surface area contributed by atoms with Gasteiger partial charge < -0.3 is 10.5 Å². The number of halogens is 3. The molecular weight excluding hydrogens is 353 g/mol. The van der Waals surface area contributed by atoms with Crippen molar-refractivity contribution >= 4 is 15.4 Å². The van der Waals surface area contributed by atoms with Crippen LogP contribution in [0.2, 0.25) is 0 Å².